The van der Waals surface area contributed by atoms with Crippen LogP contribution in [0.15, 0.2) is 9.59 Å². The topological polar surface area (TPSA) is 87.6 Å². The number of aromatic nitrogens is 2. The lowest BCUT2D eigenvalue weighted by atomic mass is 10.2. The molecule has 0 fully saturated rings. The number of aromatic amines is 1. The van der Waals surface area contributed by atoms with E-state index in [4.69, 9.17) is 4.74 Å². The predicted molar refractivity (Wildman–Crippen MR) is 71.7 cm³/mol. The second-order valence-corrected chi connectivity index (χ2v) is 4.36. The van der Waals surface area contributed by atoms with Gasteiger partial charge in [0.25, 0.3) is 5.56 Å². The summed E-state index contributed by atoms with van der Waals surface area (Å²) in [4.78, 5) is 27.3. The molecule has 0 aromatic carbocycles. The number of ether oxygens (including phenoxy) is 1. The number of hydrogen-bond donors (Lipinski definition) is 2. The molecule has 0 radical (unpaired) electrons. The monoisotopic (exact) mass is 271 g/mol. The summed E-state index contributed by atoms with van der Waals surface area (Å²) in [5.74, 6) is -0.239. The first-order chi connectivity index (χ1) is 9.01. The molecule has 1 rings (SSSR count). The lowest BCUT2D eigenvalue weighted by molar-refractivity contribution is 0.158. The molecule has 0 unspecified atom stereocenters. The highest BCUT2D eigenvalue weighted by Gasteiger charge is 2.12. The molecule has 0 bridgehead atoms. The van der Waals surface area contributed by atoms with E-state index in [-0.39, 0.29) is 11.4 Å². The van der Waals surface area contributed by atoms with Gasteiger partial charge in [-0.3, -0.25) is 14.3 Å². The lowest BCUT2D eigenvalue weighted by Crippen LogP contribution is -2.35. The average Bonchev–Trinajstić information content (AvgIpc) is 2.36. The molecule has 1 heterocycles. The summed E-state index contributed by atoms with van der Waals surface area (Å²) in [6.07, 6.45) is 0.376. The van der Waals surface area contributed by atoms with Crippen molar-refractivity contribution in [3.8, 4) is 5.88 Å². The van der Waals surface area contributed by atoms with E-state index < -0.39 is 11.2 Å². The molecule has 0 atom stereocenters. The van der Waals surface area contributed by atoms with E-state index in [2.05, 4.69) is 4.98 Å². The quantitative estimate of drug-likeness (QED) is 0.690. The van der Waals surface area contributed by atoms with Crippen molar-refractivity contribution in [3.05, 3.63) is 26.4 Å². The van der Waals surface area contributed by atoms with Crippen molar-refractivity contribution in [3.63, 3.8) is 0 Å². The Bertz CT molecular complexity index is 521. The third-order valence-corrected chi connectivity index (χ3v) is 3.00. The number of aromatic hydroxyl groups is 1. The van der Waals surface area contributed by atoms with Crippen molar-refractivity contribution in [1.29, 1.82) is 0 Å². The highest BCUT2D eigenvalue weighted by atomic mass is 16.5. The fourth-order valence-electron chi connectivity index (χ4n) is 1.76. The van der Waals surface area contributed by atoms with E-state index in [1.54, 1.807) is 14.0 Å². The maximum Gasteiger partial charge on any atom is 0.331 e. The maximum absolute atomic E-state index is 11.7. The lowest BCUT2D eigenvalue weighted by Gasteiger charge is -2.17. The van der Waals surface area contributed by atoms with Crippen molar-refractivity contribution < 1.29 is 9.84 Å². The largest absolute Gasteiger partial charge is 0.494 e. The van der Waals surface area contributed by atoms with Crippen molar-refractivity contribution >= 4 is 0 Å². The normalized spacial score (nSPS) is 11.2. The van der Waals surface area contributed by atoms with Crippen molar-refractivity contribution in [1.82, 2.24) is 14.5 Å². The third-order valence-electron chi connectivity index (χ3n) is 3.00. The van der Waals surface area contributed by atoms with Crippen molar-refractivity contribution in [2.75, 3.05) is 33.9 Å². The molecule has 1 aromatic rings. The molecule has 0 saturated heterocycles. The van der Waals surface area contributed by atoms with Gasteiger partial charge >= 0.3 is 5.69 Å². The minimum absolute atomic E-state index is 0.235. The van der Waals surface area contributed by atoms with Crippen LogP contribution in [0.3, 0.4) is 0 Å². The van der Waals surface area contributed by atoms with E-state index in [1.807, 2.05) is 11.9 Å². The zero-order valence-electron chi connectivity index (χ0n) is 11.6. The van der Waals surface area contributed by atoms with Gasteiger partial charge in [0.1, 0.15) is 0 Å². The number of H-pyrrole nitrogens is 1. The highest BCUT2D eigenvalue weighted by molar-refractivity contribution is 5.22. The summed E-state index contributed by atoms with van der Waals surface area (Å²) >= 11 is 0. The van der Waals surface area contributed by atoms with Gasteiger partial charge in [0.15, 0.2) is 0 Å². The van der Waals surface area contributed by atoms with Crippen LogP contribution in [0.25, 0.3) is 0 Å². The molecule has 0 spiro atoms. The molecule has 0 amide bonds. The van der Waals surface area contributed by atoms with E-state index in [0.717, 1.165) is 6.54 Å². The van der Waals surface area contributed by atoms with E-state index in [1.165, 1.54) is 4.57 Å². The number of rotatable bonds is 7. The Hall–Kier alpha value is -1.60. The van der Waals surface area contributed by atoms with Gasteiger partial charge < -0.3 is 14.7 Å². The first-order valence-corrected chi connectivity index (χ1v) is 6.23. The van der Waals surface area contributed by atoms with Crippen LogP contribution in [0.4, 0.5) is 0 Å². The molecule has 0 aliphatic rings. The zero-order chi connectivity index (χ0) is 14.4. The Morgan fingerprint density at radius 2 is 2.05 bits per heavy atom. The Kier molecular flexibility index (Phi) is 5.78. The Morgan fingerprint density at radius 3 is 2.63 bits per heavy atom. The SMILES string of the molecule is CCc1c(O)n(CCN(C)CCOC)c(=O)[nH]c1=O. The van der Waals surface area contributed by atoms with E-state index >= 15 is 0 Å². The van der Waals surface area contributed by atoms with Gasteiger partial charge in [0.2, 0.25) is 5.88 Å². The summed E-state index contributed by atoms with van der Waals surface area (Å²) in [6, 6.07) is 0. The van der Waals surface area contributed by atoms with Crippen LogP contribution in [0, 0.1) is 0 Å². The third kappa shape index (κ3) is 3.93. The van der Waals surface area contributed by atoms with Crippen LogP contribution in [-0.2, 0) is 17.7 Å². The fourth-order valence-corrected chi connectivity index (χ4v) is 1.76. The van der Waals surface area contributed by atoms with Crippen molar-refractivity contribution in [2.45, 2.75) is 19.9 Å². The van der Waals surface area contributed by atoms with Crippen LogP contribution < -0.4 is 11.2 Å². The van der Waals surface area contributed by atoms with Crippen LogP contribution in [0.1, 0.15) is 12.5 Å². The van der Waals surface area contributed by atoms with Gasteiger partial charge in [-0.05, 0) is 13.5 Å². The molecule has 0 aliphatic heterocycles. The standard InChI is InChI=1S/C12H21N3O4/c1-4-9-10(16)13-12(18)15(11(9)17)6-5-14(2)7-8-19-3/h17H,4-8H2,1-3H3,(H,13,16,18). The molecule has 7 nitrogen and oxygen atoms in total. The van der Waals surface area contributed by atoms with Crippen LogP contribution >= 0.6 is 0 Å². The van der Waals surface area contributed by atoms with Gasteiger partial charge in [0.05, 0.1) is 12.2 Å². The second-order valence-electron chi connectivity index (χ2n) is 4.36. The fraction of sp³-hybridized carbons (Fsp3) is 0.667. The van der Waals surface area contributed by atoms with Crippen LogP contribution in [0.5, 0.6) is 5.88 Å². The number of likely N-dealkylation sites (N-methyl/N-ethyl adjacent to an activating group) is 1. The van der Waals surface area contributed by atoms with Gasteiger partial charge in [-0.25, -0.2) is 4.79 Å². The minimum Gasteiger partial charge on any atom is -0.494 e. The molecule has 108 valence electrons. The van der Waals surface area contributed by atoms with Crippen molar-refractivity contribution in [2.24, 2.45) is 0 Å². The molecular formula is C12H21N3O4. The summed E-state index contributed by atoms with van der Waals surface area (Å²) in [7, 11) is 3.52. The summed E-state index contributed by atoms with van der Waals surface area (Å²) in [5, 5.41) is 9.94. The molecular weight excluding hydrogens is 250 g/mol. The number of methoxy groups -OCH3 is 1. The number of nitrogens with one attached hydrogen (secondary N) is 1. The van der Waals surface area contributed by atoms with E-state index in [0.29, 0.717) is 26.1 Å². The molecule has 19 heavy (non-hydrogen) atoms. The Balaban J connectivity index is 2.84. The predicted octanol–water partition coefficient (Wildman–Crippen LogP) is -0.617. The molecule has 1 aromatic heterocycles. The smallest absolute Gasteiger partial charge is 0.331 e. The second kappa shape index (κ2) is 7.10. The molecule has 2 N–H and O–H groups in total. The Labute approximate surface area is 111 Å². The van der Waals surface area contributed by atoms with Gasteiger partial charge in [-0.15, -0.1) is 0 Å². The average molecular weight is 271 g/mol. The highest BCUT2D eigenvalue weighted by Crippen LogP contribution is 2.09. The molecule has 0 aliphatic carbocycles. The number of nitrogens with zero attached hydrogens (tertiary/aromatic N) is 2. The Morgan fingerprint density at radius 1 is 1.37 bits per heavy atom. The molecule has 7 heteroatoms. The van der Waals surface area contributed by atoms with Gasteiger partial charge in [-0.2, -0.15) is 0 Å². The minimum atomic E-state index is -0.583. The van der Waals surface area contributed by atoms with E-state index in [9.17, 15) is 14.7 Å². The van der Waals surface area contributed by atoms with Crippen LogP contribution in [-0.4, -0.2) is 53.4 Å². The summed E-state index contributed by atoms with van der Waals surface area (Å²) < 4.78 is 6.14. The first kappa shape index (κ1) is 15.5. The van der Waals surface area contributed by atoms with Gasteiger partial charge in [0, 0.05) is 26.7 Å². The van der Waals surface area contributed by atoms with Gasteiger partial charge in [-0.1, -0.05) is 6.92 Å². The summed E-state index contributed by atoms with van der Waals surface area (Å²) in [5.41, 5.74) is -0.868. The summed E-state index contributed by atoms with van der Waals surface area (Å²) in [6.45, 7) is 3.98. The molecule has 0 saturated carbocycles. The number of hydrogen-bond acceptors (Lipinski definition) is 5. The maximum atomic E-state index is 11.7. The van der Waals surface area contributed by atoms with Crippen LogP contribution in [0.2, 0.25) is 0 Å². The first-order valence-electron chi connectivity index (χ1n) is 6.23. The zero-order valence-corrected chi connectivity index (χ0v) is 11.6.